The molecule has 0 saturated carbocycles. The number of hydrogen-bond acceptors (Lipinski definition) is 3. The van der Waals surface area contributed by atoms with E-state index < -0.39 is 0 Å². The predicted molar refractivity (Wildman–Crippen MR) is 70.9 cm³/mol. The topological polar surface area (TPSA) is 59.2 Å². The molecular formula is C14H21N3O. The van der Waals surface area contributed by atoms with Crippen molar-refractivity contribution in [1.82, 2.24) is 9.88 Å². The third-order valence-electron chi connectivity index (χ3n) is 3.69. The molecule has 1 amide bonds. The normalized spacial score (nSPS) is 24.0. The minimum Gasteiger partial charge on any atom is -0.339 e. The van der Waals surface area contributed by atoms with Crippen molar-refractivity contribution in [2.45, 2.75) is 32.2 Å². The number of nitrogens with two attached hydrogens (primary N) is 1. The van der Waals surface area contributed by atoms with Gasteiger partial charge in [-0.3, -0.25) is 9.78 Å². The first-order valence-corrected chi connectivity index (χ1v) is 6.60. The molecule has 0 aliphatic carbocycles. The van der Waals surface area contributed by atoms with Crippen LogP contribution in [0, 0.1) is 5.92 Å². The number of rotatable bonds is 3. The van der Waals surface area contributed by atoms with E-state index >= 15 is 0 Å². The molecule has 18 heavy (non-hydrogen) atoms. The molecule has 2 unspecified atom stereocenters. The van der Waals surface area contributed by atoms with Gasteiger partial charge in [-0.25, -0.2) is 0 Å². The van der Waals surface area contributed by atoms with Gasteiger partial charge in [0.15, 0.2) is 0 Å². The molecule has 1 aromatic rings. The van der Waals surface area contributed by atoms with Crippen LogP contribution in [-0.4, -0.2) is 34.9 Å². The van der Waals surface area contributed by atoms with Gasteiger partial charge in [-0.1, -0.05) is 6.07 Å². The highest BCUT2D eigenvalue weighted by atomic mass is 16.2. The van der Waals surface area contributed by atoms with Crippen LogP contribution < -0.4 is 5.73 Å². The Balaban J connectivity index is 1.99. The van der Waals surface area contributed by atoms with Crippen molar-refractivity contribution in [3.05, 3.63) is 30.1 Å². The van der Waals surface area contributed by atoms with Crippen LogP contribution in [0.5, 0.6) is 0 Å². The van der Waals surface area contributed by atoms with Crippen LogP contribution in [0.4, 0.5) is 0 Å². The first-order valence-electron chi connectivity index (χ1n) is 6.60. The molecule has 4 heteroatoms. The van der Waals surface area contributed by atoms with Gasteiger partial charge >= 0.3 is 0 Å². The average Bonchev–Trinajstić information content (AvgIpc) is 2.40. The third-order valence-corrected chi connectivity index (χ3v) is 3.69. The lowest BCUT2D eigenvalue weighted by Gasteiger charge is -2.37. The van der Waals surface area contributed by atoms with Crippen molar-refractivity contribution < 1.29 is 4.79 Å². The minimum absolute atomic E-state index is 0.166. The second kappa shape index (κ2) is 5.96. The lowest BCUT2D eigenvalue weighted by molar-refractivity contribution is -0.134. The maximum absolute atomic E-state index is 12.3. The lowest BCUT2D eigenvalue weighted by atomic mass is 9.93. The zero-order valence-corrected chi connectivity index (χ0v) is 10.9. The van der Waals surface area contributed by atoms with Gasteiger partial charge in [0.25, 0.3) is 0 Å². The maximum atomic E-state index is 12.3. The summed E-state index contributed by atoms with van der Waals surface area (Å²) in [7, 11) is 0. The highest BCUT2D eigenvalue weighted by molar-refractivity contribution is 5.78. The van der Waals surface area contributed by atoms with E-state index in [0.29, 0.717) is 24.9 Å². The highest BCUT2D eigenvalue weighted by Crippen LogP contribution is 2.21. The molecule has 98 valence electrons. The second-order valence-electron chi connectivity index (χ2n) is 5.07. The largest absolute Gasteiger partial charge is 0.339 e. The molecule has 1 aliphatic heterocycles. The molecule has 0 bridgehead atoms. The van der Waals surface area contributed by atoms with Crippen molar-refractivity contribution in [2.24, 2.45) is 11.7 Å². The molecule has 1 aromatic heterocycles. The van der Waals surface area contributed by atoms with E-state index in [4.69, 9.17) is 5.73 Å². The summed E-state index contributed by atoms with van der Waals surface area (Å²) in [6, 6.07) is 6.00. The van der Waals surface area contributed by atoms with Crippen LogP contribution in [-0.2, 0) is 11.2 Å². The van der Waals surface area contributed by atoms with Gasteiger partial charge in [-0.05, 0) is 44.4 Å². The highest BCUT2D eigenvalue weighted by Gasteiger charge is 2.28. The number of pyridine rings is 1. The van der Waals surface area contributed by atoms with E-state index in [2.05, 4.69) is 11.9 Å². The van der Waals surface area contributed by atoms with Gasteiger partial charge in [0, 0.05) is 24.5 Å². The Kier molecular flexibility index (Phi) is 4.31. The number of aromatic nitrogens is 1. The molecule has 4 nitrogen and oxygen atoms in total. The molecule has 0 aromatic carbocycles. The van der Waals surface area contributed by atoms with Gasteiger partial charge in [0.05, 0.1) is 6.42 Å². The van der Waals surface area contributed by atoms with E-state index in [-0.39, 0.29) is 5.91 Å². The van der Waals surface area contributed by atoms with E-state index in [1.54, 1.807) is 6.20 Å². The molecule has 2 N–H and O–H groups in total. The number of hydrogen-bond donors (Lipinski definition) is 1. The zero-order chi connectivity index (χ0) is 13.0. The first kappa shape index (κ1) is 13.0. The fourth-order valence-corrected chi connectivity index (χ4v) is 2.48. The summed E-state index contributed by atoms with van der Waals surface area (Å²) in [5.41, 5.74) is 6.55. The summed E-state index contributed by atoms with van der Waals surface area (Å²) in [5, 5.41) is 0. The van der Waals surface area contributed by atoms with Crippen LogP contribution in [0.1, 0.15) is 25.5 Å². The van der Waals surface area contributed by atoms with Crippen molar-refractivity contribution in [2.75, 3.05) is 13.1 Å². The summed E-state index contributed by atoms with van der Waals surface area (Å²) >= 11 is 0. The Morgan fingerprint density at radius 1 is 1.50 bits per heavy atom. The maximum Gasteiger partial charge on any atom is 0.228 e. The molecule has 2 rings (SSSR count). The first-order chi connectivity index (χ1) is 8.70. The molecule has 1 aliphatic rings. The van der Waals surface area contributed by atoms with Crippen molar-refractivity contribution in [1.29, 1.82) is 0 Å². The second-order valence-corrected chi connectivity index (χ2v) is 5.07. The van der Waals surface area contributed by atoms with E-state index in [1.807, 2.05) is 23.1 Å². The Morgan fingerprint density at radius 2 is 2.33 bits per heavy atom. The van der Waals surface area contributed by atoms with Gasteiger partial charge in [0.2, 0.25) is 5.91 Å². The van der Waals surface area contributed by atoms with Gasteiger partial charge in [-0.15, -0.1) is 0 Å². The van der Waals surface area contributed by atoms with E-state index in [9.17, 15) is 4.79 Å². The standard InChI is InChI=1S/C14H21N3O/c1-11-5-6-12(9-15)10-17(11)14(18)8-13-4-2-3-7-16-13/h2-4,7,11-12H,5-6,8-10,15H2,1H3. The number of carbonyl (C=O) groups excluding carboxylic acids is 1. The van der Waals surface area contributed by atoms with E-state index in [1.165, 1.54) is 0 Å². The summed E-state index contributed by atoms with van der Waals surface area (Å²) in [6.45, 7) is 3.58. The predicted octanol–water partition coefficient (Wildman–Crippen LogP) is 1.21. The molecule has 2 heterocycles. The zero-order valence-electron chi connectivity index (χ0n) is 10.9. The Bertz CT molecular complexity index is 393. The third kappa shape index (κ3) is 3.07. The van der Waals surface area contributed by atoms with Crippen molar-refractivity contribution >= 4 is 5.91 Å². The fraction of sp³-hybridized carbons (Fsp3) is 0.571. The van der Waals surface area contributed by atoms with Crippen LogP contribution in [0.15, 0.2) is 24.4 Å². The quantitative estimate of drug-likeness (QED) is 0.873. The van der Waals surface area contributed by atoms with Crippen LogP contribution in [0.2, 0.25) is 0 Å². The van der Waals surface area contributed by atoms with Crippen LogP contribution >= 0.6 is 0 Å². The minimum atomic E-state index is 0.166. The van der Waals surface area contributed by atoms with Crippen LogP contribution in [0.25, 0.3) is 0 Å². The number of piperidine rings is 1. The fourth-order valence-electron chi connectivity index (χ4n) is 2.48. The molecule has 0 spiro atoms. The molecular weight excluding hydrogens is 226 g/mol. The summed E-state index contributed by atoms with van der Waals surface area (Å²) < 4.78 is 0. The van der Waals surface area contributed by atoms with E-state index in [0.717, 1.165) is 25.1 Å². The molecule has 0 radical (unpaired) electrons. The summed E-state index contributed by atoms with van der Waals surface area (Å²) in [6.07, 6.45) is 4.30. The molecule has 1 fully saturated rings. The average molecular weight is 247 g/mol. The Hall–Kier alpha value is -1.42. The molecule has 1 saturated heterocycles. The number of nitrogens with zero attached hydrogens (tertiary/aromatic N) is 2. The monoisotopic (exact) mass is 247 g/mol. The number of amides is 1. The van der Waals surface area contributed by atoms with Gasteiger partial charge in [0.1, 0.15) is 0 Å². The van der Waals surface area contributed by atoms with Gasteiger partial charge in [-0.2, -0.15) is 0 Å². The number of carbonyl (C=O) groups is 1. The Labute approximate surface area is 108 Å². The van der Waals surface area contributed by atoms with Crippen molar-refractivity contribution in [3.8, 4) is 0 Å². The SMILES string of the molecule is CC1CCC(CN)CN1C(=O)Cc1ccccn1. The Morgan fingerprint density at radius 3 is 3.00 bits per heavy atom. The lowest BCUT2D eigenvalue weighted by Crippen LogP contribution is -2.47. The van der Waals surface area contributed by atoms with Crippen LogP contribution in [0.3, 0.4) is 0 Å². The summed E-state index contributed by atoms with van der Waals surface area (Å²) in [5.74, 6) is 0.619. The summed E-state index contributed by atoms with van der Waals surface area (Å²) in [4.78, 5) is 18.5. The molecule has 2 atom stereocenters. The van der Waals surface area contributed by atoms with Crippen molar-refractivity contribution in [3.63, 3.8) is 0 Å². The smallest absolute Gasteiger partial charge is 0.228 e. The number of likely N-dealkylation sites (tertiary alicyclic amines) is 1. The van der Waals surface area contributed by atoms with Gasteiger partial charge < -0.3 is 10.6 Å².